The largest absolute Gasteiger partial charge is 0.308 e. The fourth-order valence-electron chi connectivity index (χ4n) is 0.660. The van der Waals surface area contributed by atoms with E-state index >= 15 is 0 Å². The Bertz CT molecular complexity index is 335. The highest BCUT2D eigenvalue weighted by molar-refractivity contribution is 8.21. The van der Waals surface area contributed by atoms with E-state index in [1.807, 2.05) is 0 Å². The molecule has 1 rings (SSSR count). The summed E-state index contributed by atoms with van der Waals surface area (Å²) >= 11 is 0.288. The molecule has 0 aliphatic carbocycles. The van der Waals surface area contributed by atoms with Gasteiger partial charge in [0.25, 0.3) is 0 Å². The van der Waals surface area contributed by atoms with Crippen LogP contribution < -0.4 is 0 Å². The third kappa shape index (κ3) is 2.38. The maximum atomic E-state index is 11.1. The quantitative estimate of drug-likeness (QED) is 0.739. The van der Waals surface area contributed by atoms with Crippen LogP contribution in [-0.2, 0) is 13.7 Å². The first-order valence-electron chi connectivity index (χ1n) is 2.94. The van der Waals surface area contributed by atoms with Crippen molar-refractivity contribution in [1.29, 1.82) is 0 Å². The van der Waals surface area contributed by atoms with E-state index in [1.165, 1.54) is 12.1 Å². The minimum absolute atomic E-state index is 0.0955. The fraction of sp³-hybridized carbons (Fsp3) is 0. The molecule has 12 heavy (non-hydrogen) atoms. The molecule has 0 saturated heterocycles. The van der Waals surface area contributed by atoms with Gasteiger partial charge < -0.3 is 0 Å². The Hall–Kier alpha value is -0.230. The Morgan fingerprint density at radius 3 is 2.33 bits per heavy atom. The van der Waals surface area contributed by atoms with E-state index in [0.717, 1.165) is 0 Å². The van der Waals surface area contributed by atoms with E-state index in [0.29, 0.717) is 0 Å². The number of halogens is 1. The van der Waals surface area contributed by atoms with Gasteiger partial charge in [-0.1, -0.05) is 18.2 Å². The van der Waals surface area contributed by atoms with E-state index in [-0.39, 0.29) is 16.2 Å². The lowest BCUT2D eigenvalue weighted by Gasteiger charge is -1.98. The first-order valence-corrected chi connectivity index (χ1v) is 5.91. The Kier molecular flexibility index (Phi) is 3.39. The highest BCUT2D eigenvalue weighted by Gasteiger charge is 2.13. The van der Waals surface area contributed by atoms with Gasteiger partial charge in [-0.05, 0) is 22.8 Å². The summed E-state index contributed by atoms with van der Waals surface area (Å²) in [6.45, 7) is 0. The Morgan fingerprint density at radius 2 is 1.83 bits per heavy atom. The summed E-state index contributed by atoms with van der Waals surface area (Å²) in [6.07, 6.45) is 0. The molecular formula is C6H5ClO3S2. The molecule has 0 amide bonds. The molecule has 0 radical (unpaired) electrons. The predicted molar refractivity (Wildman–Crippen MR) is 48.2 cm³/mol. The maximum absolute atomic E-state index is 11.1. The van der Waals surface area contributed by atoms with Crippen molar-refractivity contribution in [2.45, 2.75) is 4.90 Å². The van der Waals surface area contributed by atoms with Crippen molar-refractivity contribution in [3.8, 4) is 0 Å². The van der Waals surface area contributed by atoms with Crippen LogP contribution in [0.15, 0.2) is 35.2 Å². The summed E-state index contributed by atoms with van der Waals surface area (Å²) in [5.41, 5.74) is 0. The van der Waals surface area contributed by atoms with Gasteiger partial charge in [-0.3, -0.25) is 0 Å². The lowest BCUT2D eigenvalue weighted by Crippen LogP contribution is -1.99. The number of benzene rings is 1. The molecule has 0 heterocycles. The van der Waals surface area contributed by atoms with Crippen molar-refractivity contribution < 1.29 is 12.0 Å². The van der Waals surface area contributed by atoms with Crippen LogP contribution in [-0.4, -0.2) is 8.42 Å². The first kappa shape index (κ1) is 9.85. The molecule has 0 unspecified atom stereocenters. The van der Waals surface area contributed by atoms with Crippen molar-refractivity contribution in [2.24, 2.45) is 0 Å². The summed E-state index contributed by atoms with van der Waals surface area (Å²) < 4.78 is 26.5. The molecule has 0 aromatic heterocycles. The van der Waals surface area contributed by atoms with E-state index in [4.69, 9.17) is 10.7 Å². The molecule has 0 atom stereocenters. The summed E-state index contributed by atoms with van der Waals surface area (Å²) in [5, 5.41) is 0. The van der Waals surface area contributed by atoms with Crippen LogP contribution in [0, 0.1) is 0 Å². The Balaban J connectivity index is 2.99. The zero-order chi connectivity index (χ0) is 9.03. The van der Waals surface area contributed by atoms with Crippen molar-refractivity contribution >= 4 is 32.1 Å². The fourth-order valence-corrected chi connectivity index (χ4v) is 2.35. The summed E-state index contributed by atoms with van der Waals surface area (Å²) in [6, 6.07) is 7.79. The molecule has 6 heteroatoms. The van der Waals surface area contributed by atoms with Crippen LogP contribution in [0.2, 0.25) is 0 Å². The minimum Gasteiger partial charge on any atom is -0.193 e. The van der Waals surface area contributed by atoms with Crippen LogP contribution in [0.25, 0.3) is 0 Å². The molecule has 0 aliphatic rings. The van der Waals surface area contributed by atoms with Crippen LogP contribution >= 0.6 is 21.9 Å². The van der Waals surface area contributed by atoms with Gasteiger partial charge in [0.1, 0.15) is 11.3 Å². The van der Waals surface area contributed by atoms with Crippen LogP contribution in [0.1, 0.15) is 0 Å². The lowest BCUT2D eigenvalue weighted by molar-refractivity contribution is 0.520. The lowest BCUT2D eigenvalue weighted by atomic mass is 10.4. The molecule has 0 saturated carbocycles. The van der Waals surface area contributed by atoms with E-state index in [2.05, 4.69) is 3.63 Å². The summed E-state index contributed by atoms with van der Waals surface area (Å²) in [5.74, 6) is 0. The van der Waals surface area contributed by atoms with Crippen LogP contribution in [0.4, 0.5) is 0 Å². The molecule has 1 aromatic carbocycles. The number of hydrogen-bond acceptors (Lipinski definition) is 4. The van der Waals surface area contributed by atoms with Gasteiger partial charge in [0.2, 0.25) is 0 Å². The van der Waals surface area contributed by atoms with Gasteiger partial charge in [0, 0.05) is 0 Å². The van der Waals surface area contributed by atoms with Gasteiger partial charge in [-0.25, -0.2) is 0 Å². The molecule has 1 aromatic rings. The summed E-state index contributed by atoms with van der Waals surface area (Å²) in [7, 11) is 1.37. The van der Waals surface area contributed by atoms with E-state index in [9.17, 15) is 8.42 Å². The monoisotopic (exact) mass is 224 g/mol. The normalized spacial score (nSPS) is 11.4. The standard InChI is InChI=1S/C6H5ClO3S2/c7-11-10-12(8,9)6-4-2-1-3-5-6/h1-5H. The van der Waals surface area contributed by atoms with Gasteiger partial charge in [0.05, 0.1) is 4.90 Å². The van der Waals surface area contributed by atoms with Gasteiger partial charge in [-0.15, -0.1) is 0 Å². The molecular weight excluding hydrogens is 220 g/mol. The second kappa shape index (κ2) is 4.13. The maximum Gasteiger partial charge on any atom is 0.308 e. The average Bonchev–Trinajstić information content (AvgIpc) is 2.06. The third-order valence-electron chi connectivity index (χ3n) is 1.15. The third-order valence-corrected chi connectivity index (χ3v) is 3.38. The Morgan fingerprint density at radius 1 is 1.25 bits per heavy atom. The van der Waals surface area contributed by atoms with Crippen molar-refractivity contribution in [3.63, 3.8) is 0 Å². The SMILES string of the molecule is O=S(=O)(OSCl)c1ccccc1. The van der Waals surface area contributed by atoms with Crippen molar-refractivity contribution in [3.05, 3.63) is 30.3 Å². The molecule has 0 N–H and O–H groups in total. The molecule has 66 valence electrons. The van der Waals surface area contributed by atoms with E-state index in [1.54, 1.807) is 18.2 Å². The van der Waals surface area contributed by atoms with Crippen LogP contribution in [0.3, 0.4) is 0 Å². The first-order chi connectivity index (χ1) is 5.67. The number of rotatable bonds is 3. The smallest absolute Gasteiger partial charge is 0.193 e. The number of hydrogen-bond donors (Lipinski definition) is 0. The second-order valence-corrected chi connectivity index (χ2v) is 4.33. The topological polar surface area (TPSA) is 43.4 Å². The summed E-state index contributed by atoms with van der Waals surface area (Å²) in [4.78, 5) is 0.0955. The highest BCUT2D eigenvalue weighted by Crippen LogP contribution is 2.19. The average molecular weight is 225 g/mol. The van der Waals surface area contributed by atoms with Crippen molar-refractivity contribution in [1.82, 2.24) is 0 Å². The van der Waals surface area contributed by atoms with Gasteiger partial charge >= 0.3 is 10.1 Å². The Labute approximate surface area is 79.5 Å². The zero-order valence-electron chi connectivity index (χ0n) is 5.81. The minimum atomic E-state index is -3.68. The molecule has 0 bridgehead atoms. The van der Waals surface area contributed by atoms with Gasteiger partial charge in [-0.2, -0.15) is 12.0 Å². The van der Waals surface area contributed by atoms with E-state index < -0.39 is 10.1 Å². The highest BCUT2D eigenvalue weighted by atomic mass is 35.7. The van der Waals surface area contributed by atoms with Gasteiger partial charge in [0.15, 0.2) is 0 Å². The second-order valence-electron chi connectivity index (χ2n) is 1.90. The predicted octanol–water partition coefficient (Wildman–Crippen LogP) is 2.19. The van der Waals surface area contributed by atoms with Crippen LogP contribution in [0.5, 0.6) is 0 Å². The zero-order valence-corrected chi connectivity index (χ0v) is 8.19. The van der Waals surface area contributed by atoms with Crippen molar-refractivity contribution in [2.75, 3.05) is 0 Å². The molecule has 3 nitrogen and oxygen atoms in total. The molecule has 0 fully saturated rings. The molecule has 0 aliphatic heterocycles. The molecule has 0 spiro atoms.